The molecule has 2 unspecified atom stereocenters. The molecular weight excluding hydrogens is 608 g/mol. The van der Waals surface area contributed by atoms with Gasteiger partial charge >= 0.3 is 10.4 Å². The number of aliphatic hydroxyl groups excluding tert-OH is 8. The zero-order valence-corrected chi connectivity index (χ0v) is 22.8. The normalized spacial score (nSPS) is 27.4. The van der Waals surface area contributed by atoms with Crippen molar-refractivity contribution in [3.63, 3.8) is 0 Å². The van der Waals surface area contributed by atoms with Crippen molar-refractivity contribution >= 4 is 22.2 Å². The van der Waals surface area contributed by atoms with E-state index in [2.05, 4.69) is 19.4 Å². The molecule has 2 aromatic heterocycles. The van der Waals surface area contributed by atoms with Crippen molar-refractivity contribution in [2.24, 2.45) is 11.5 Å². The summed E-state index contributed by atoms with van der Waals surface area (Å²) in [6, 6.07) is 6.57. The van der Waals surface area contributed by atoms with Crippen LogP contribution in [-0.4, -0.2) is 143 Å². The molecular formula is C22H34N4O16S. The van der Waals surface area contributed by atoms with Crippen LogP contribution in [0.1, 0.15) is 20.7 Å². The minimum absolute atomic E-state index is 0.407. The van der Waals surface area contributed by atoms with Gasteiger partial charge in [0.15, 0.2) is 12.6 Å². The fourth-order valence-corrected chi connectivity index (χ4v) is 2.78. The summed E-state index contributed by atoms with van der Waals surface area (Å²) in [6.45, 7) is -0.815. The molecule has 2 saturated heterocycles. The highest BCUT2D eigenvalue weighted by molar-refractivity contribution is 7.79. The van der Waals surface area contributed by atoms with E-state index in [9.17, 15) is 9.59 Å². The average molecular weight is 643 g/mol. The first-order chi connectivity index (χ1) is 19.9. The van der Waals surface area contributed by atoms with E-state index in [1.165, 1.54) is 12.4 Å². The fourth-order valence-electron chi connectivity index (χ4n) is 2.78. The van der Waals surface area contributed by atoms with Gasteiger partial charge in [0.25, 0.3) is 0 Å². The number of aliphatic hydroxyl groups is 8. The van der Waals surface area contributed by atoms with Crippen molar-refractivity contribution in [1.82, 2.24) is 9.97 Å². The van der Waals surface area contributed by atoms with Crippen LogP contribution in [0.2, 0.25) is 0 Å². The summed E-state index contributed by atoms with van der Waals surface area (Å²) in [6.07, 6.45) is -3.47. The van der Waals surface area contributed by atoms with Gasteiger partial charge in [0.05, 0.1) is 24.3 Å². The number of aromatic nitrogens is 2. The van der Waals surface area contributed by atoms with E-state index in [1.807, 2.05) is 0 Å². The number of carbonyl (C=O) groups is 2. The smallest absolute Gasteiger partial charge is 0.394 e. The molecule has 2 aliphatic heterocycles. The van der Waals surface area contributed by atoms with Crippen LogP contribution in [0.15, 0.2) is 49.1 Å². The Morgan fingerprint density at radius 1 is 0.698 bits per heavy atom. The Morgan fingerprint density at radius 3 is 1.12 bits per heavy atom. The molecule has 14 N–H and O–H groups in total. The van der Waals surface area contributed by atoms with Crippen LogP contribution in [0, 0.1) is 0 Å². The molecule has 0 saturated carbocycles. The molecule has 2 fully saturated rings. The molecule has 43 heavy (non-hydrogen) atoms. The lowest BCUT2D eigenvalue weighted by Crippen LogP contribution is -2.33. The fraction of sp³-hybridized carbons (Fsp3) is 0.455. The summed E-state index contributed by atoms with van der Waals surface area (Å²) in [5.74, 6) is -0.883. The second-order valence-electron chi connectivity index (χ2n) is 8.12. The van der Waals surface area contributed by atoms with E-state index >= 15 is 0 Å². The van der Waals surface area contributed by atoms with Gasteiger partial charge in [0.2, 0.25) is 11.8 Å². The Morgan fingerprint density at radius 2 is 1.00 bits per heavy atom. The first-order valence-electron chi connectivity index (χ1n) is 11.6. The number of carbonyl (C=O) groups excluding carboxylic acids is 2. The third-order valence-electron chi connectivity index (χ3n) is 4.93. The van der Waals surface area contributed by atoms with E-state index < -0.39 is 84.6 Å². The van der Waals surface area contributed by atoms with Crippen molar-refractivity contribution < 1.29 is 77.4 Å². The molecule has 4 heterocycles. The SMILES string of the molecule is NC(=O)c1cccnc1.NC(=O)c1cccnc1.O=S(=O)(O)O.OC[C@H]1OC(O)[C@H](O)[C@@H]1O.OC[C@H]1OC(O)[C@H](O)[C@@H]1O. The minimum atomic E-state index is -4.67. The van der Waals surface area contributed by atoms with E-state index in [4.69, 9.17) is 69.8 Å². The predicted octanol–water partition coefficient (Wildman–Crippen LogP) is -5.46. The van der Waals surface area contributed by atoms with Crippen molar-refractivity contribution in [3.05, 3.63) is 60.2 Å². The van der Waals surface area contributed by atoms with Crippen LogP contribution in [0.3, 0.4) is 0 Å². The number of nitrogens with zero attached hydrogens (tertiary/aromatic N) is 2. The molecule has 0 radical (unpaired) electrons. The summed E-state index contributed by atoms with van der Waals surface area (Å²) < 4.78 is 40.7. The maximum atomic E-state index is 10.4. The largest absolute Gasteiger partial charge is 0.394 e. The number of primary amides is 2. The minimum Gasteiger partial charge on any atom is -0.394 e. The number of pyridine rings is 2. The topological polar surface area (TPSA) is 367 Å². The molecule has 21 heteroatoms. The van der Waals surface area contributed by atoms with Gasteiger partial charge < -0.3 is 61.8 Å². The Labute approximate surface area is 244 Å². The van der Waals surface area contributed by atoms with Crippen LogP contribution in [0.4, 0.5) is 0 Å². The van der Waals surface area contributed by atoms with Gasteiger partial charge in [0.1, 0.15) is 36.6 Å². The molecule has 0 aromatic carbocycles. The van der Waals surface area contributed by atoms with Gasteiger partial charge in [-0.15, -0.1) is 0 Å². The Balaban J connectivity index is 0.000000521. The Hall–Kier alpha value is -3.29. The molecule has 0 aliphatic carbocycles. The molecule has 20 nitrogen and oxygen atoms in total. The van der Waals surface area contributed by atoms with E-state index in [0.717, 1.165) is 0 Å². The number of rotatable bonds is 4. The van der Waals surface area contributed by atoms with Gasteiger partial charge in [-0.3, -0.25) is 28.7 Å². The molecule has 0 spiro atoms. The molecule has 4 rings (SSSR count). The third-order valence-corrected chi connectivity index (χ3v) is 4.93. The van der Waals surface area contributed by atoms with E-state index in [-0.39, 0.29) is 0 Å². The van der Waals surface area contributed by atoms with Gasteiger partial charge in [-0.05, 0) is 24.3 Å². The van der Waals surface area contributed by atoms with Gasteiger partial charge in [-0.2, -0.15) is 8.42 Å². The molecule has 2 aromatic rings. The zero-order valence-electron chi connectivity index (χ0n) is 22.0. The number of amides is 2. The maximum Gasteiger partial charge on any atom is 0.394 e. The number of hydrogen-bond donors (Lipinski definition) is 12. The van der Waals surface area contributed by atoms with Gasteiger partial charge in [0, 0.05) is 24.8 Å². The highest BCUT2D eigenvalue weighted by Crippen LogP contribution is 2.19. The monoisotopic (exact) mass is 642 g/mol. The highest BCUT2D eigenvalue weighted by Gasteiger charge is 2.41. The van der Waals surface area contributed by atoms with Crippen molar-refractivity contribution in [2.45, 2.75) is 49.2 Å². The Kier molecular flexibility index (Phi) is 18.3. The number of hydrogen-bond acceptors (Lipinski definition) is 16. The van der Waals surface area contributed by atoms with E-state index in [0.29, 0.717) is 11.1 Å². The second-order valence-corrected chi connectivity index (χ2v) is 9.01. The second kappa shape index (κ2) is 19.8. The lowest BCUT2D eigenvalue weighted by molar-refractivity contribution is -0.133. The molecule has 2 aliphatic rings. The van der Waals surface area contributed by atoms with Gasteiger partial charge in [-0.1, -0.05) is 0 Å². The predicted molar refractivity (Wildman–Crippen MR) is 140 cm³/mol. The van der Waals surface area contributed by atoms with Crippen molar-refractivity contribution in [2.75, 3.05) is 13.2 Å². The van der Waals surface area contributed by atoms with Crippen LogP contribution in [0.5, 0.6) is 0 Å². The summed E-state index contributed by atoms with van der Waals surface area (Å²) in [7, 11) is -4.67. The third kappa shape index (κ3) is 16.2. The van der Waals surface area contributed by atoms with Crippen molar-refractivity contribution in [1.29, 1.82) is 0 Å². The standard InChI is InChI=1S/2C6H6N2O.2C5H10O5.H2O4S/c2*7-6(9)5-2-1-3-8-4-5;2*6-1-2-3(7)4(8)5(9)10-2;1-5(2,3)4/h2*1-4H,(H2,7,9);2*2-9H,1H2;(H2,1,2,3,4)/t;;2*2-,3-,4-,5?;/m..11./s1. The van der Waals surface area contributed by atoms with Crippen molar-refractivity contribution in [3.8, 4) is 0 Å². The van der Waals surface area contributed by atoms with Crippen LogP contribution in [0.25, 0.3) is 0 Å². The zero-order chi connectivity index (χ0) is 33.3. The number of nitrogens with two attached hydrogens (primary N) is 2. The summed E-state index contributed by atoms with van der Waals surface area (Å²) in [5, 5.41) is 69.9. The molecule has 8 atom stereocenters. The van der Waals surface area contributed by atoms with E-state index in [1.54, 1.807) is 36.7 Å². The summed E-state index contributed by atoms with van der Waals surface area (Å²) >= 11 is 0. The molecule has 2 amide bonds. The van der Waals surface area contributed by atoms with Gasteiger partial charge in [-0.25, -0.2) is 0 Å². The quantitative estimate of drug-likeness (QED) is 0.138. The highest BCUT2D eigenvalue weighted by atomic mass is 32.3. The first-order valence-corrected chi connectivity index (χ1v) is 13.0. The Bertz CT molecular complexity index is 1090. The average Bonchev–Trinajstić information content (AvgIpc) is 3.37. The lowest BCUT2D eigenvalue weighted by atomic mass is 10.1. The first kappa shape index (κ1) is 39.7. The molecule has 0 bridgehead atoms. The number of ether oxygens (including phenoxy) is 2. The lowest BCUT2D eigenvalue weighted by Gasteiger charge is -2.09. The van der Waals surface area contributed by atoms with Crippen LogP contribution in [-0.2, 0) is 19.9 Å². The maximum absolute atomic E-state index is 10.4. The molecule has 244 valence electrons. The summed E-state index contributed by atoms with van der Waals surface area (Å²) in [5.41, 5.74) is 10.8. The van der Waals surface area contributed by atoms with Crippen LogP contribution >= 0.6 is 0 Å². The summed E-state index contributed by atoms with van der Waals surface area (Å²) in [4.78, 5) is 28.2. The van der Waals surface area contributed by atoms with Crippen LogP contribution < -0.4 is 11.5 Å².